The third-order valence-corrected chi connectivity index (χ3v) is 7.24. The molecular formula is C23H27N5O2. The Hall–Kier alpha value is -2.70. The highest BCUT2D eigenvalue weighted by atomic mass is 16.2. The van der Waals surface area contributed by atoms with E-state index in [1.54, 1.807) is 4.40 Å². The largest absolute Gasteiger partial charge is 0.352 e. The molecular weight excluding hydrogens is 378 g/mol. The van der Waals surface area contributed by atoms with Crippen molar-refractivity contribution >= 4 is 22.5 Å². The van der Waals surface area contributed by atoms with E-state index < -0.39 is 0 Å². The minimum atomic E-state index is -0.240. The van der Waals surface area contributed by atoms with E-state index in [0.717, 1.165) is 49.0 Å². The van der Waals surface area contributed by atoms with E-state index in [0.29, 0.717) is 23.5 Å². The zero-order chi connectivity index (χ0) is 20.2. The molecule has 6 rings (SSSR count). The third-order valence-electron chi connectivity index (χ3n) is 7.24. The Morgan fingerprint density at radius 1 is 1.03 bits per heavy atom. The van der Waals surface area contributed by atoms with Crippen LogP contribution in [0.3, 0.4) is 0 Å². The lowest BCUT2D eigenvalue weighted by atomic mass is 9.78. The number of fused-ring (bicyclic) bond motifs is 4. The summed E-state index contributed by atoms with van der Waals surface area (Å²) in [4.78, 5) is 33.3. The Morgan fingerprint density at radius 2 is 1.83 bits per heavy atom. The molecule has 1 aliphatic heterocycles. The Morgan fingerprint density at radius 3 is 2.70 bits per heavy atom. The fourth-order valence-corrected chi connectivity index (χ4v) is 5.59. The van der Waals surface area contributed by atoms with Crippen molar-refractivity contribution < 1.29 is 4.79 Å². The number of likely N-dealkylation sites (tertiary alicyclic amines) is 1. The number of para-hydroxylation sites is 1. The molecule has 2 aromatic heterocycles. The van der Waals surface area contributed by atoms with Gasteiger partial charge in [0.25, 0.3) is 0 Å². The molecule has 0 N–H and O–H groups in total. The van der Waals surface area contributed by atoms with E-state index in [4.69, 9.17) is 4.98 Å². The number of benzene rings is 1. The minimum absolute atomic E-state index is 0.0160. The Balaban J connectivity index is 1.39. The smallest absolute Gasteiger partial charge is 0.338 e. The number of hydrogen-bond acceptors (Lipinski definition) is 4. The molecule has 0 spiro atoms. The average molecular weight is 406 g/mol. The molecule has 7 nitrogen and oxygen atoms in total. The van der Waals surface area contributed by atoms with Crippen LogP contribution in [0.25, 0.3) is 16.6 Å². The van der Waals surface area contributed by atoms with E-state index in [2.05, 4.69) is 5.10 Å². The summed E-state index contributed by atoms with van der Waals surface area (Å²) in [6.07, 6.45) is 9.18. The number of hydrogen-bond donors (Lipinski definition) is 0. The van der Waals surface area contributed by atoms with Gasteiger partial charge < -0.3 is 4.90 Å². The highest BCUT2D eigenvalue weighted by molar-refractivity contribution is 5.91. The molecule has 30 heavy (non-hydrogen) atoms. The maximum atomic E-state index is 13.3. The lowest BCUT2D eigenvalue weighted by Gasteiger charge is -2.44. The number of nitrogens with zero attached hydrogens (tertiary/aromatic N) is 5. The second kappa shape index (κ2) is 6.93. The molecule has 1 saturated heterocycles. The molecule has 7 heteroatoms. The first-order valence-electron chi connectivity index (χ1n) is 11.4. The molecule has 2 saturated carbocycles. The van der Waals surface area contributed by atoms with Gasteiger partial charge in [-0.25, -0.2) is 18.9 Å². The number of carbonyl (C=O) groups excluding carboxylic acids is 1. The van der Waals surface area contributed by atoms with Crippen LogP contribution in [-0.4, -0.2) is 42.6 Å². The molecule has 3 aromatic rings. The van der Waals surface area contributed by atoms with Crippen LogP contribution in [0, 0.1) is 5.92 Å². The topological polar surface area (TPSA) is 72.5 Å². The number of rotatable bonds is 3. The zero-order valence-corrected chi connectivity index (χ0v) is 17.2. The van der Waals surface area contributed by atoms with Crippen molar-refractivity contribution in [3.05, 3.63) is 40.6 Å². The van der Waals surface area contributed by atoms with E-state index in [9.17, 15) is 9.59 Å². The van der Waals surface area contributed by atoms with Gasteiger partial charge in [-0.05, 0) is 56.6 Å². The molecule has 0 radical (unpaired) electrons. The molecule has 3 fully saturated rings. The molecule has 2 unspecified atom stereocenters. The fourth-order valence-electron chi connectivity index (χ4n) is 5.59. The van der Waals surface area contributed by atoms with Gasteiger partial charge in [0.15, 0.2) is 5.65 Å². The van der Waals surface area contributed by atoms with Gasteiger partial charge in [0.1, 0.15) is 12.4 Å². The van der Waals surface area contributed by atoms with Gasteiger partial charge in [-0.15, -0.1) is 5.10 Å². The summed E-state index contributed by atoms with van der Waals surface area (Å²) in [7, 11) is 0. The van der Waals surface area contributed by atoms with Gasteiger partial charge in [0, 0.05) is 23.9 Å². The second-order valence-corrected chi connectivity index (χ2v) is 9.20. The Bertz CT molecular complexity index is 1190. The normalized spacial score (nSPS) is 24.3. The first-order chi connectivity index (χ1) is 14.7. The van der Waals surface area contributed by atoms with Crippen LogP contribution in [0.4, 0.5) is 0 Å². The molecule has 1 amide bonds. The number of aromatic nitrogens is 4. The highest BCUT2D eigenvalue weighted by Gasteiger charge is 2.36. The van der Waals surface area contributed by atoms with E-state index in [1.165, 1.54) is 30.4 Å². The Labute approximate surface area is 174 Å². The monoisotopic (exact) mass is 405 g/mol. The number of carbonyl (C=O) groups is 1. The predicted molar refractivity (Wildman–Crippen MR) is 113 cm³/mol. The molecule has 3 heterocycles. The van der Waals surface area contributed by atoms with E-state index in [1.807, 2.05) is 29.2 Å². The van der Waals surface area contributed by atoms with Crippen LogP contribution in [0.2, 0.25) is 0 Å². The summed E-state index contributed by atoms with van der Waals surface area (Å²) < 4.78 is 3.01. The van der Waals surface area contributed by atoms with Crippen LogP contribution < -0.4 is 5.69 Å². The fraction of sp³-hybridized carbons (Fsp3) is 0.565. The lowest BCUT2D eigenvalue weighted by Crippen LogP contribution is -2.51. The molecule has 0 bridgehead atoms. The standard InChI is InChI=1S/C23H27N5O2/c29-20(26-13-5-7-15-6-1-4-10-19(15)26)14-27-23(30)28-21(16-11-12-16)24-18-9-3-2-8-17(18)22(28)25-27/h2-3,8-9,15-16,19H,1,4-7,10-14H2. The van der Waals surface area contributed by atoms with Gasteiger partial charge in [0.05, 0.1) is 5.52 Å². The van der Waals surface area contributed by atoms with Crippen molar-refractivity contribution in [2.24, 2.45) is 5.92 Å². The first kappa shape index (κ1) is 18.1. The van der Waals surface area contributed by atoms with Crippen molar-refractivity contribution in [1.29, 1.82) is 0 Å². The van der Waals surface area contributed by atoms with Gasteiger partial charge >= 0.3 is 5.69 Å². The number of piperidine rings is 1. The van der Waals surface area contributed by atoms with Crippen LogP contribution in [0.5, 0.6) is 0 Å². The minimum Gasteiger partial charge on any atom is -0.338 e. The first-order valence-corrected chi connectivity index (χ1v) is 11.4. The van der Waals surface area contributed by atoms with Crippen LogP contribution in [0.1, 0.15) is 63.1 Å². The van der Waals surface area contributed by atoms with Crippen molar-refractivity contribution in [3.8, 4) is 0 Å². The highest BCUT2D eigenvalue weighted by Crippen LogP contribution is 2.39. The predicted octanol–water partition coefficient (Wildman–Crippen LogP) is 3.10. The van der Waals surface area contributed by atoms with Gasteiger partial charge in [-0.2, -0.15) is 0 Å². The van der Waals surface area contributed by atoms with Crippen molar-refractivity contribution in [1.82, 2.24) is 24.1 Å². The second-order valence-electron chi connectivity index (χ2n) is 9.20. The van der Waals surface area contributed by atoms with Crippen LogP contribution >= 0.6 is 0 Å². The van der Waals surface area contributed by atoms with Crippen molar-refractivity contribution in [3.63, 3.8) is 0 Å². The summed E-state index contributed by atoms with van der Waals surface area (Å²) in [6.45, 7) is 0.822. The van der Waals surface area contributed by atoms with Gasteiger partial charge in [-0.1, -0.05) is 25.0 Å². The summed E-state index contributed by atoms with van der Waals surface area (Å²) in [5.41, 5.74) is 1.24. The Kier molecular flexibility index (Phi) is 4.18. The number of amides is 1. The molecule has 2 atom stereocenters. The van der Waals surface area contributed by atoms with Gasteiger partial charge in [-0.3, -0.25) is 4.79 Å². The maximum Gasteiger partial charge on any atom is 0.352 e. The molecule has 2 aliphatic carbocycles. The maximum absolute atomic E-state index is 13.3. The molecule has 3 aliphatic rings. The lowest BCUT2D eigenvalue weighted by molar-refractivity contribution is -0.138. The quantitative estimate of drug-likeness (QED) is 0.671. The third kappa shape index (κ3) is 2.86. The van der Waals surface area contributed by atoms with Crippen LogP contribution in [0.15, 0.2) is 29.1 Å². The van der Waals surface area contributed by atoms with Crippen molar-refractivity contribution in [2.75, 3.05) is 6.54 Å². The summed E-state index contributed by atoms with van der Waals surface area (Å²) in [5.74, 6) is 1.76. The van der Waals surface area contributed by atoms with E-state index >= 15 is 0 Å². The summed E-state index contributed by atoms with van der Waals surface area (Å²) in [5, 5.41) is 5.49. The SMILES string of the molecule is O=C(Cn1nc2c3ccccc3nc(C3CC3)n2c1=O)N1CCCC2CCCCC21. The van der Waals surface area contributed by atoms with Crippen LogP contribution in [-0.2, 0) is 11.3 Å². The van der Waals surface area contributed by atoms with Gasteiger partial charge in [0.2, 0.25) is 5.91 Å². The molecule has 1 aromatic carbocycles. The van der Waals surface area contributed by atoms with Crippen molar-refractivity contribution in [2.45, 2.75) is 69.9 Å². The van der Waals surface area contributed by atoms with E-state index in [-0.39, 0.29) is 18.1 Å². The summed E-state index contributed by atoms with van der Waals surface area (Å²) >= 11 is 0. The summed E-state index contributed by atoms with van der Waals surface area (Å²) in [6, 6.07) is 8.15. The zero-order valence-electron chi connectivity index (χ0n) is 17.2. The molecule has 156 valence electrons. The average Bonchev–Trinajstić information content (AvgIpc) is 3.58.